The van der Waals surface area contributed by atoms with Crippen LogP contribution in [0.1, 0.15) is 34.7 Å². The quantitative estimate of drug-likeness (QED) is 0.688. The number of ether oxygens (including phenoxy) is 1. The highest BCUT2D eigenvalue weighted by Crippen LogP contribution is 2.26. The van der Waals surface area contributed by atoms with Gasteiger partial charge in [-0.05, 0) is 36.8 Å². The van der Waals surface area contributed by atoms with Gasteiger partial charge in [0.1, 0.15) is 0 Å². The summed E-state index contributed by atoms with van der Waals surface area (Å²) < 4.78 is 10.5. The van der Waals surface area contributed by atoms with Crippen molar-refractivity contribution in [3.8, 4) is 11.5 Å². The van der Waals surface area contributed by atoms with Gasteiger partial charge in [0.15, 0.2) is 0 Å². The second kappa shape index (κ2) is 6.44. The van der Waals surface area contributed by atoms with Crippen molar-refractivity contribution < 1.29 is 13.9 Å². The average molecular weight is 308 g/mol. The molecule has 0 aliphatic heterocycles. The molecule has 3 aromatic rings. The molecule has 1 heterocycles. The molecule has 0 saturated carbocycles. The van der Waals surface area contributed by atoms with E-state index < -0.39 is 0 Å². The van der Waals surface area contributed by atoms with E-state index in [0.717, 1.165) is 11.1 Å². The van der Waals surface area contributed by atoms with E-state index >= 15 is 0 Å². The van der Waals surface area contributed by atoms with E-state index in [1.165, 1.54) is 7.11 Å². The number of hydrogen-bond donors (Lipinski definition) is 0. The topological polar surface area (TPSA) is 65.2 Å². The lowest BCUT2D eigenvalue weighted by Crippen LogP contribution is -2.02. The minimum Gasteiger partial charge on any atom is -0.465 e. The Labute approximate surface area is 133 Å². The van der Waals surface area contributed by atoms with Gasteiger partial charge in [-0.25, -0.2) is 4.79 Å². The molecular weight excluding hydrogens is 292 g/mol. The Kier molecular flexibility index (Phi) is 4.19. The van der Waals surface area contributed by atoms with Crippen molar-refractivity contribution in [2.24, 2.45) is 0 Å². The van der Waals surface area contributed by atoms with Crippen LogP contribution in [-0.4, -0.2) is 23.3 Å². The molecule has 0 bridgehead atoms. The lowest BCUT2D eigenvalue weighted by atomic mass is 10.00. The Hall–Kier alpha value is -2.95. The van der Waals surface area contributed by atoms with Gasteiger partial charge in [-0.3, -0.25) is 0 Å². The molecule has 0 spiro atoms. The van der Waals surface area contributed by atoms with Crippen LogP contribution >= 0.6 is 0 Å². The molecule has 23 heavy (non-hydrogen) atoms. The number of carbonyl (C=O) groups is 1. The van der Waals surface area contributed by atoms with Crippen LogP contribution in [0.5, 0.6) is 0 Å². The fourth-order valence-electron chi connectivity index (χ4n) is 2.28. The number of carbonyl (C=O) groups excluding carboxylic acids is 1. The van der Waals surface area contributed by atoms with Crippen molar-refractivity contribution in [2.45, 2.75) is 12.8 Å². The lowest BCUT2D eigenvalue weighted by Gasteiger charge is -2.07. The van der Waals surface area contributed by atoms with Crippen LogP contribution in [0.4, 0.5) is 0 Å². The van der Waals surface area contributed by atoms with Gasteiger partial charge in [0.2, 0.25) is 11.8 Å². The number of hydrogen-bond acceptors (Lipinski definition) is 5. The van der Waals surface area contributed by atoms with Crippen molar-refractivity contribution in [3.63, 3.8) is 0 Å². The highest BCUT2D eigenvalue weighted by molar-refractivity contribution is 5.89. The molecule has 1 atom stereocenters. The Morgan fingerprint density at radius 2 is 1.74 bits per heavy atom. The molecule has 2 aromatic carbocycles. The van der Waals surface area contributed by atoms with Gasteiger partial charge >= 0.3 is 5.97 Å². The first-order chi connectivity index (χ1) is 11.2. The third-order valence-electron chi connectivity index (χ3n) is 3.66. The molecule has 116 valence electrons. The highest BCUT2D eigenvalue weighted by atomic mass is 16.5. The molecule has 5 heteroatoms. The normalized spacial score (nSPS) is 11.9. The van der Waals surface area contributed by atoms with Gasteiger partial charge in [-0.2, -0.15) is 0 Å². The summed E-state index contributed by atoms with van der Waals surface area (Å²) in [7, 11) is 1.36. The average Bonchev–Trinajstić information content (AvgIpc) is 3.11. The van der Waals surface area contributed by atoms with Crippen molar-refractivity contribution in [2.75, 3.05) is 7.11 Å². The van der Waals surface area contributed by atoms with Crippen LogP contribution in [0, 0.1) is 0 Å². The van der Waals surface area contributed by atoms with Gasteiger partial charge in [-0.15, -0.1) is 10.2 Å². The summed E-state index contributed by atoms with van der Waals surface area (Å²) in [6.45, 7) is 1.98. The molecule has 3 rings (SSSR count). The van der Waals surface area contributed by atoms with Crippen molar-refractivity contribution in [3.05, 3.63) is 71.6 Å². The zero-order chi connectivity index (χ0) is 16.2. The zero-order valence-electron chi connectivity index (χ0n) is 12.9. The summed E-state index contributed by atoms with van der Waals surface area (Å²) in [5.41, 5.74) is 2.39. The molecule has 0 amide bonds. The number of rotatable bonds is 4. The first-order valence-corrected chi connectivity index (χ1v) is 7.26. The van der Waals surface area contributed by atoms with E-state index in [2.05, 4.69) is 10.2 Å². The molecule has 0 N–H and O–H groups in total. The molecule has 1 unspecified atom stereocenters. The minimum atomic E-state index is -0.353. The Balaban J connectivity index is 1.82. The van der Waals surface area contributed by atoms with E-state index in [1.54, 1.807) is 12.1 Å². The summed E-state index contributed by atoms with van der Waals surface area (Å²) in [6, 6.07) is 16.8. The predicted octanol–water partition coefficient (Wildman–Crippen LogP) is 3.68. The van der Waals surface area contributed by atoms with E-state index in [4.69, 9.17) is 9.15 Å². The summed E-state index contributed by atoms with van der Waals surface area (Å²) in [6.07, 6.45) is 0. The SMILES string of the molecule is COC(=O)c1ccc(C(C)c2nnc(-c3ccccc3)o2)cc1. The number of benzene rings is 2. The maximum atomic E-state index is 11.5. The summed E-state index contributed by atoms with van der Waals surface area (Å²) in [5, 5.41) is 8.24. The van der Waals surface area contributed by atoms with Crippen molar-refractivity contribution >= 4 is 5.97 Å². The standard InChI is InChI=1S/C18H16N2O3/c1-12(13-8-10-15(11-9-13)18(21)22-2)16-19-20-17(23-16)14-6-4-3-5-7-14/h3-12H,1-2H3. The van der Waals surface area contributed by atoms with E-state index in [1.807, 2.05) is 49.4 Å². The minimum absolute atomic E-state index is 0.0633. The zero-order valence-corrected chi connectivity index (χ0v) is 12.9. The first-order valence-electron chi connectivity index (χ1n) is 7.26. The largest absolute Gasteiger partial charge is 0.465 e. The maximum Gasteiger partial charge on any atom is 0.337 e. The maximum absolute atomic E-state index is 11.5. The summed E-state index contributed by atoms with van der Waals surface area (Å²) >= 11 is 0. The molecule has 0 fully saturated rings. The third-order valence-corrected chi connectivity index (χ3v) is 3.66. The number of nitrogens with zero attached hydrogens (tertiary/aromatic N) is 2. The number of aromatic nitrogens is 2. The molecule has 0 saturated heterocycles. The number of esters is 1. The Morgan fingerprint density at radius 3 is 2.39 bits per heavy atom. The monoisotopic (exact) mass is 308 g/mol. The van der Waals surface area contributed by atoms with Gasteiger partial charge in [-0.1, -0.05) is 30.3 Å². The fraction of sp³-hybridized carbons (Fsp3) is 0.167. The van der Waals surface area contributed by atoms with Crippen LogP contribution in [-0.2, 0) is 4.74 Å². The second-order valence-electron chi connectivity index (χ2n) is 5.15. The van der Waals surface area contributed by atoms with E-state index in [9.17, 15) is 4.79 Å². The molecule has 0 aliphatic rings. The van der Waals surface area contributed by atoms with Crippen LogP contribution in [0.3, 0.4) is 0 Å². The lowest BCUT2D eigenvalue weighted by molar-refractivity contribution is 0.0600. The van der Waals surface area contributed by atoms with E-state index in [-0.39, 0.29) is 11.9 Å². The van der Waals surface area contributed by atoms with Gasteiger partial charge in [0, 0.05) is 5.56 Å². The van der Waals surface area contributed by atoms with Crippen LogP contribution in [0.25, 0.3) is 11.5 Å². The summed E-state index contributed by atoms with van der Waals surface area (Å²) in [4.78, 5) is 11.5. The molecule has 0 aliphatic carbocycles. The van der Waals surface area contributed by atoms with E-state index in [0.29, 0.717) is 17.3 Å². The molecular formula is C18H16N2O3. The first kappa shape index (κ1) is 15.0. The second-order valence-corrected chi connectivity index (χ2v) is 5.15. The Morgan fingerprint density at radius 1 is 1.04 bits per heavy atom. The van der Waals surface area contributed by atoms with Crippen molar-refractivity contribution in [1.82, 2.24) is 10.2 Å². The molecule has 5 nitrogen and oxygen atoms in total. The predicted molar refractivity (Wildman–Crippen MR) is 85.0 cm³/mol. The third kappa shape index (κ3) is 3.13. The van der Waals surface area contributed by atoms with Crippen molar-refractivity contribution in [1.29, 1.82) is 0 Å². The van der Waals surface area contributed by atoms with Crippen LogP contribution < -0.4 is 0 Å². The van der Waals surface area contributed by atoms with Crippen LogP contribution in [0.2, 0.25) is 0 Å². The van der Waals surface area contributed by atoms with Gasteiger partial charge in [0.05, 0.1) is 18.6 Å². The molecule has 1 aromatic heterocycles. The Bertz CT molecular complexity index is 795. The number of methoxy groups -OCH3 is 1. The smallest absolute Gasteiger partial charge is 0.337 e. The highest BCUT2D eigenvalue weighted by Gasteiger charge is 2.17. The molecule has 0 radical (unpaired) electrons. The summed E-state index contributed by atoms with van der Waals surface area (Å²) in [5.74, 6) is 0.619. The fourth-order valence-corrected chi connectivity index (χ4v) is 2.28. The van der Waals surface area contributed by atoms with Crippen LogP contribution in [0.15, 0.2) is 59.0 Å². The van der Waals surface area contributed by atoms with Gasteiger partial charge < -0.3 is 9.15 Å². The van der Waals surface area contributed by atoms with Gasteiger partial charge in [0.25, 0.3) is 0 Å².